The van der Waals surface area contributed by atoms with Crippen molar-refractivity contribution in [2.24, 2.45) is 5.92 Å². The first-order valence-corrected chi connectivity index (χ1v) is 13.1. The number of benzene rings is 1. The lowest BCUT2D eigenvalue weighted by atomic mass is 9.89. The fraction of sp³-hybridized carbons (Fsp3) is 0.692. The van der Waals surface area contributed by atoms with Crippen molar-refractivity contribution in [2.75, 3.05) is 31.6 Å². The molecule has 1 aliphatic carbocycles. The van der Waals surface area contributed by atoms with Crippen LogP contribution in [-0.4, -0.2) is 72.6 Å². The Hall–Kier alpha value is -2.37. The molecule has 1 aromatic carbocycles. The van der Waals surface area contributed by atoms with Gasteiger partial charge in [0.15, 0.2) is 0 Å². The minimum absolute atomic E-state index is 0.0104. The summed E-state index contributed by atoms with van der Waals surface area (Å²) in [6, 6.07) is 3.25. The predicted octanol–water partition coefficient (Wildman–Crippen LogP) is 3.93. The third-order valence-electron chi connectivity index (χ3n) is 7.43. The third kappa shape index (κ3) is 7.81. The van der Waals surface area contributed by atoms with Crippen LogP contribution in [0.5, 0.6) is 0 Å². The average Bonchev–Trinajstić information content (AvgIpc) is 2.86. The van der Waals surface area contributed by atoms with Crippen LogP contribution in [0.25, 0.3) is 0 Å². The number of carbonyl (C=O) groups excluding carboxylic acids is 2. The lowest BCUT2D eigenvalue weighted by Crippen LogP contribution is -2.58. The molecule has 206 valence electrons. The number of hydrogen-bond acceptors (Lipinski definition) is 5. The Bertz CT molecular complexity index is 908. The van der Waals surface area contributed by atoms with Crippen LogP contribution in [0.3, 0.4) is 0 Å². The first-order chi connectivity index (χ1) is 17.7. The van der Waals surface area contributed by atoms with E-state index in [-0.39, 0.29) is 43.9 Å². The maximum Gasteiger partial charge on any atom is 0.416 e. The average molecular weight is 528 g/mol. The molecule has 4 atom stereocenters. The van der Waals surface area contributed by atoms with Gasteiger partial charge in [0.05, 0.1) is 50.0 Å². The summed E-state index contributed by atoms with van der Waals surface area (Å²) in [5.74, 6) is 0.490. The van der Waals surface area contributed by atoms with E-state index in [1.165, 1.54) is 36.3 Å². The molecular formula is C26H36F3N3O5. The Morgan fingerprint density at radius 2 is 1.76 bits per heavy atom. The van der Waals surface area contributed by atoms with E-state index in [4.69, 9.17) is 9.47 Å². The predicted molar refractivity (Wildman–Crippen MR) is 130 cm³/mol. The van der Waals surface area contributed by atoms with Gasteiger partial charge in [0.2, 0.25) is 5.91 Å². The summed E-state index contributed by atoms with van der Waals surface area (Å²) in [4.78, 5) is 27.1. The minimum Gasteiger partial charge on any atom is -0.389 e. The van der Waals surface area contributed by atoms with Crippen molar-refractivity contribution in [3.8, 4) is 0 Å². The van der Waals surface area contributed by atoms with Crippen LogP contribution in [0, 0.1) is 5.92 Å². The summed E-state index contributed by atoms with van der Waals surface area (Å²) >= 11 is 0. The van der Waals surface area contributed by atoms with Gasteiger partial charge in [-0.25, -0.2) is 4.79 Å². The zero-order valence-electron chi connectivity index (χ0n) is 20.8. The highest BCUT2D eigenvalue weighted by Gasteiger charge is 2.40. The van der Waals surface area contributed by atoms with E-state index in [0.29, 0.717) is 25.3 Å². The fourth-order valence-corrected chi connectivity index (χ4v) is 5.44. The molecule has 3 N–H and O–H groups in total. The number of hydrogen-bond donors (Lipinski definition) is 3. The lowest BCUT2D eigenvalue weighted by Gasteiger charge is -2.44. The second kappa shape index (κ2) is 12.4. The first-order valence-electron chi connectivity index (χ1n) is 13.1. The Balaban J connectivity index is 1.34. The van der Waals surface area contributed by atoms with E-state index in [1.807, 2.05) is 0 Å². The summed E-state index contributed by atoms with van der Waals surface area (Å²) in [5.41, 5.74) is -0.592. The number of halogens is 3. The number of anilines is 1. The van der Waals surface area contributed by atoms with Gasteiger partial charge in [-0.3, -0.25) is 4.79 Å². The van der Waals surface area contributed by atoms with Crippen molar-refractivity contribution in [1.82, 2.24) is 10.2 Å². The molecule has 37 heavy (non-hydrogen) atoms. The number of carbonyl (C=O) groups is 2. The van der Waals surface area contributed by atoms with Crippen LogP contribution in [0.15, 0.2) is 24.3 Å². The van der Waals surface area contributed by atoms with Gasteiger partial charge in [0.25, 0.3) is 0 Å². The van der Waals surface area contributed by atoms with E-state index in [0.717, 1.165) is 25.0 Å². The number of fused-ring (bicyclic) bond motifs is 1. The summed E-state index contributed by atoms with van der Waals surface area (Å²) < 4.78 is 50.3. The molecule has 2 saturated heterocycles. The smallest absolute Gasteiger partial charge is 0.389 e. The molecule has 0 radical (unpaired) electrons. The van der Waals surface area contributed by atoms with E-state index in [1.54, 1.807) is 0 Å². The van der Waals surface area contributed by atoms with Crippen molar-refractivity contribution in [3.05, 3.63) is 29.8 Å². The number of alkyl halides is 3. The Labute approximate surface area is 214 Å². The van der Waals surface area contributed by atoms with Gasteiger partial charge >= 0.3 is 12.2 Å². The number of aliphatic hydroxyl groups excluding tert-OH is 1. The van der Waals surface area contributed by atoms with Crippen LogP contribution < -0.4 is 10.6 Å². The van der Waals surface area contributed by atoms with Gasteiger partial charge in [-0.05, 0) is 55.9 Å². The molecule has 8 nitrogen and oxygen atoms in total. The second-order valence-corrected chi connectivity index (χ2v) is 10.3. The SMILES string of the molecule is O=C(C[C@@H]1CC[C@H]2[C@@H](COC[C@@H](O)CN2C(=O)Nc2ccc(C(F)(F)F)cc2)O1)NCC1CCCCC1. The Morgan fingerprint density at radius 3 is 2.46 bits per heavy atom. The van der Waals surface area contributed by atoms with Crippen LogP contribution >= 0.6 is 0 Å². The molecule has 2 heterocycles. The van der Waals surface area contributed by atoms with Gasteiger partial charge in [-0.15, -0.1) is 0 Å². The zero-order chi connectivity index (χ0) is 26.4. The van der Waals surface area contributed by atoms with E-state index >= 15 is 0 Å². The quantitative estimate of drug-likeness (QED) is 0.539. The molecule has 2 aliphatic heterocycles. The van der Waals surface area contributed by atoms with Gasteiger partial charge in [-0.2, -0.15) is 13.2 Å². The number of rotatable bonds is 5. The van der Waals surface area contributed by atoms with E-state index in [2.05, 4.69) is 10.6 Å². The summed E-state index contributed by atoms with van der Waals surface area (Å²) in [6.07, 6.45) is 1.15. The highest BCUT2D eigenvalue weighted by Crippen LogP contribution is 2.31. The van der Waals surface area contributed by atoms with Crippen molar-refractivity contribution in [3.63, 3.8) is 0 Å². The van der Waals surface area contributed by atoms with Crippen molar-refractivity contribution < 1.29 is 37.3 Å². The highest BCUT2D eigenvalue weighted by atomic mass is 19.4. The zero-order valence-corrected chi connectivity index (χ0v) is 20.8. The van der Waals surface area contributed by atoms with Crippen LogP contribution in [0.1, 0.15) is 56.9 Å². The molecule has 0 unspecified atom stereocenters. The molecule has 3 amide bonds. The Kier molecular flexibility index (Phi) is 9.31. The van der Waals surface area contributed by atoms with Crippen LogP contribution in [0.2, 0.25) is 0 Å². The van der Waals surface area contributed by atoms with Gasteiger partial charge in [0, 0.05) is 12.2 Å². The third-order valence-corrected chi connectivity index (χ3v) is 7.43. The van der Waals surface area contributed by atoms with Crippen LogP contribution in [0.4, 0.5) is 23.7 Å². The standard InChI is InChI=1S/C26H36F3N3O5/c27-26(28,29)18-6-8-19(9-7-18)31-25(35)32-14-20(33)15-36-16-23-22(32)11-10-21(37-23)12-24(34)30-13-17-4-2-1-3-5-17/h6-9,17,20-23,33H,1-5,10-16H2,(H,30,34)(H,31,35)/t20-,21-,22-,23+/m0/s1. The molecule has 1 saturated carbocycles. The summed E-state index contributed by atoms with van der Waals surface area (Å²) in [7, 11) is 0. The summed E-state index contributed by atoms with van der Waals surface area (Å²) in [6.45, 7) is 0.856. The number of ether oxygens (including phenoxy) is 2. The fourth-order valence-electron chi connectivity index (χ4n) is 5.44. The topological polar surface area (TPSA) is 100 Å². The maximum absolute atomic E-state index is 13.1. The molecule has 3 aliphatic rings. The Morgan fingerprint density at radius 1 is 1.03 bits per heavy atom. The van der Waals surface area contributed by atoms with Crippen molar-refractivity contribution >= 4 is 17.6 Å². The molecule has 0 aromatic heterocycles. The van der Waals surface area contributed by atoms with Gasteiger partial charge in [-0.1, -0.05) is 19.3 Å². The molecule has 11 heteroatoms. The molecule has 0 spiro atoms. The normalized spacial score (nSPS) is 27.5. The largest absolute Gasteiger partial charge is 0.416 e. The summed E-state index contributed by atoms with van der Waals surface area (Å²) in [5, 5.41) is 16.0. The molecular weight excluding hydrogens is 491 g/mol. The highest BCUT2D eigenvalue weighted by molar-refractivity contribution is 5.89. The number of urea groups is 1. The molecule has 0 bridgehead atoms. The lowest BCUT2D eigenvalue weighted by molar-refractivity contribution is -0.149. The van der Waals surface area contributed by atoms with Crippen LogP contribution in [-0.2, 0) is 20.4 Å². The molecule has 3 fully saturated rings. The van der Waals surface area contributed by atoms with Crippen molar-refractivity contribution in [1.29, 1.82) is 0 Å². The maximum atomic E-state index is 13.1. The van der Waals surface area contributed by atoms with E-state index < -0.39 is 36.0 Å². The molecule has 4 rings (SSSR count). The second-order valence-electron chi connectivity index (χ2n) is 10.3. The van der Waals surface area contributed by atoms with E-state index in [9.17, 15) is 27.9 Å². The number of amides is 3. The monoisotopic (exact) mass is 527 g/mol. The minimum atomic E-state index is -4.47. The number of nitrogens with one attached hydrogen (secondary N) is 2. The van der Waals surface area contributed by atoms with Gasteiger partial charge < -0.3 is 30.1 Å². The molecule has 1 aromatic rings. The van der Waals surface area contributed by atoms with Crippen molar-refractivity contribution in [2.45, 2.75) is 81.9 Å². The number of β-amino-alcohol motifs (C(OH)–C–C–N with tert-alkyl or cyclic N) is 1. The van der Waals surface area contributed by atoms with Gasteiger partial charge in [0.1, 0.15) is 6.10 Å². The number of aliphatic hydroxyl groups is 1. The number of nitrogens with zero attached hydrogens (tertiary/aromatic N) is 1. The first kappa shape index (κ1) is 27.7.